The summed E-state index contributed by atoms with van der Waals surface area (Å²) >= 11 is 0. The Labute approximate surface area is 222 Å². The number of halogens is 3. The fraction of sp³-hybridized carbons (Fsp3) is 0.379. The molecular weight excluding hydrogens is 511 g/mol. The number of nitrogens with one attached hydrogen (secondary N) is 1. The Hall–Kier alpha value is -2.88. The summed E-state index contributed by atoms with van der Waals surface area (Å²) in [6.45, 7) is 0. The summed E-state index contributed by atoms with van der Waals surface area (Å²) in [6.07, 6.45) is -2.23. The van der Waals surface area contributed by atoms with E-state index in [0.29, 0.717) is 11.3 Å². The second-order valence-corrected chi connectivity index (χ2v) is 12.1. The summed E-state index contributed by atoms with van der Waals surface area (Å²) in [5, 5.41) is 11.7. The van der Waals surface area contributed by atoms with Crippen molar-refractivity contribution >= 4 is 21.3 Å². The summed E-state index contributed by atoms with van der Waals surface area (Å²) < 4.78 is 59.4. The number of rotatable bonds is 5. The molecule has 5 rings (SSSR count). The number of fused-ring (bicyclic) bond motifs is 2. The van der Waals surface area contributed by atoms with Gasteiger partial charge in [0, 0.05) is 24.5 Å². The van der Waals surface area contributed by atoms with Crippen molar-refractivity contribution in [2.24, 2.45) is 4.36 Å². The first kappa shape index (κ1) is 26.7. The Balaban J connectivity index is 1.44. The van der Waals surface area contributed by atoms with Crippen LogP contribution in [0.1, 0.15) is 36.0 Å². The molecule has 202 valence electrons. The van der Waals surface area contributed by atoms with E-state index in [0.717, 1.165) is 37.1 Å². The van der Waals surface area contributed by atoms with E-state index in [2.05, 4.69) is 38.3 Å². The number of benzene rings is 3. The third kappa shape index (κ3) is 5.46. The zero-order valence-corrected chi connectivity index (χ0v) is 22.0. The Morgan fingerprint density at radius 3 is 2.08 bits per heavy atom. The Bertz CT molecular complexity index is 1350. The zero-order chi connectivity index (χ0) is 26.9. The number of nitrogens with zero attached hydrogens (tertiary/aromatic N) is 2. The predicted octanol–water partition coefficient (Wildman–Crippen LogP) is 5.97. The lowest BCUT2D eigenvalue weighted by Crippen LogP contribution is -2.55. The van der Waals surface area contributed by atoms with Crippen LogP contribution < -0.4 is 9.62 Å². The number of anilines is 2. The molecule has 3 aromatic rings. The van der Waals surface area contributed by atoms with Crippen molar-refractivity contribution in [1.29, 1.82) is 0 Å². The molecule has 1 heterocycles. The fourth-order valence-electron chi connectivity index (χ4n) is 5.69. The van der Waals surface area contributed by atoms with Crippen LogP contribution in [0.2, 0.25) is 0 Å². The van der Waals surface area contributed by atoms with Gasteiger partial charge in [-0.25, -0.2) is 13.3 Å². The van der Waals surface area contributed by atoms with E-state index in [1.54, 1.807) is 0 Å². The lowest BCUT2D eigenvalue weighted by atomic mass is 9.86. The van der Waals surface area contributed by atoms with Crippen LogP contribution in [0.3, 0.4) is 0 Å². The normalized spacial score (nSPS) is 23.1. The van der Waals surface area contributed by atoms with Gasteiger partial charge in [0.1, 0.15) is 9.92 Å². The van der Waals surface area contributed by atoms with Gasteiger partial charge in [0.25, 0.3) is 0 Å². The summed E-state index contributed by atoms with van der Waals surface area (Å²) in [5.41, 5.74) is 4.68. The summed E-state index contributed by atoms with van der Waals surface area (Å²) in [7, 11) is -1.74. The van der Waals surface area contributed by atoms with Crippen LogP contribution >= 0.6 is 0 Å². The number of hydrogen-bond acceptors (Lipinski definition) is 4. The molecule has 0 saturated heterocycles. The van der Waals surface area contributed by atoms with Gasteiger partial charge in [-0.15, -0.1) is 0 Å². The lowest BCUT2D eigenvalue weighted by molar-refractivity contribution is -0.127. The molecule has 3 aromatic carbocycles. The highest BCUT2D eigenvalue weighted by Crippen LogP contribution is 2.41. The van der Waals surface area contributed by atoms with E-state index in [4.69, 9.17) is 0 Å². The van der Waals surface area contributed by atoms with Crippen molar-refractivity contribution in [3.05, 3.63) is 89.5 Å². The highest BCUT2D eigenvalue weighted by molar-refractivity contribution is 7.91. The molecule has 4 unspecified atom stereocenters. The van der Waals surface area contributed by atoms with Gasteiger partial charge in [0.05, 0.1) is 23.5 Å². The topological polar surface area (TPSA) is 64.9 Å². The third-order valence-electron chi connectivity index (χ3n) is 7.53. The Morgan fingerprint density at radius 1 is 0.947 bits per heavy atom. The first-order chi connectivity index (χ1) is 18.2. The SMILES string of the molecule is CN=S(=O)(NC1CCCC(N2c3ccccc3CCc3ccccc32)C1O)c1ccc(CC(F)(F)F)cc1. The molecule has 9 heteroatoms. The number of alkyl halides is 3. The van der Waals surface area contributed by atoms with Crippen LogP contribution in [0.25, 0.3) is 0 Å². The van der Waals surface area contributed by atoms with E-state index < -0.39 is 34.7 Å². The standard InChI is InChI=1S/C29H32F3N3O2S/c1-33-38(37,23-17-13-20(14-18-23)19-29(30,31)32)34-24-9-6-12-27(28(24)36)35-25-10-4-2-7-21(25)15-16-22-8-3-5-11-26(22)35/h2-5,7-8,10-11,13-14,17-18,24,27-28,36H,6,9,12,15-16,19H2,1H3,(H,33,34,37). The van der Waals surface area contributed by atoms with Crippen LogP contribution in [0, 0.1) is 0 Å². The molecule has 1 aliphatic carbocycles. The quantitative estimate of drug-likeness (QED) is 0.417. The maximum Gasteiger partial charge on any atom is 0.393 e. The van der Waals surface area contributed by atoms with Gasteiger partial charge in [0.15, 0.2) is 0 Å². The lowest BCUT2D eigenvalue weighted by Gasteiger charge is -2.43. The van der Waals surface area contributed by atoms with Crippen molar-refractivity contribution in [2.45, 2.75) is 67.8 Å². The van der Waals surface area contributed by atoms with Gasteiger partial charge >= 0.3 is 6.18 Å². The molecule has 0 bridgehead atoms. The molecule has 2 N–H and O–H groups in total. The van der Waals surface area contributed by atoms with Crippen LogP contribution in [-0.2, 0) is 29.2 Å². The highest BCUT2D eigenvalue weighted by Gasteiger charge is 2.39. The molecule has 4 atom stereocenters. The molecule has 0 aromatic heterocycles. The second-order valence-electron chi connectivity index (χ2n) is 9.98. The molecule has 1 saturated carbocycles. The van der Waals surface area contributed by atoms with Gasteiger partial charge in [-0.05, 0) is 73.1 Å². The van der Waals surface area contributed by atoms with E-state index in [9.17, 15) is 22.5 Å². The molecule has 0 spiro atoms. The number of aryl methyl sites for hydroxylation is 2. The molecule has 0 amide bonds. The van der Waals surface area contributed by atoms with Crippen molar-refractivity contribution < 1.29 is 22.5 Å². The van der Waals surface area contributed by atoms with Crippen molar-refractivity contribution in [1.82, 2.24) is 4.72 Å². The van der Waals surface area contributed by atoms with Crippen LogP contribution in [0.4, 0.5) is 24.5 Å². The Morgan fingerprint density at radius 2 is 1.53 bits per heavy atom. The molecule has 2 aliphatic rings. The van der Waals surface area contributed by atoms with E-state index in [1.165, 1.54) is 42.4 Å². The molecule has 5 nitrogen and oxygen atoms in total. The number of hydrogen-bond donors (Lipinski definition) is 2. The monoisotopic (exact) mass is 543 g/mol. The first-order valence-corrected chi connectivity index (χ1v) is 14.4. The van der Waals surface area contributed by atoms with E-state index in [-0.39, 0.29) is 11.6 Å². The third-order valence-corrected chi connectivity index (χ3v) is 9.58. The molecule has 38 heavy (non-hydrogen) atoms. The second kappa shape index (κ2) is 10.7. The minimum Gasteiger partial charge on any atom is -0.389 e. The average molecular weight is 544 g/mol. The largest absolute Gasteiger partial charge is 0.393 e. The maximum atomic E-state index is 13.9. The van der Waals surface area contributed by atoms with Crippen molar-refractivity contribution in [2.75, 3.05) is 11.9 Å². The molecular formula is C29H32F3N3O2S. The van der Waals surface area contributed by atoms with Gasteiger partial charge in [-0.2, -0.15) is 13.2 Å². The average Bonchev–Trinajstić information content (AvgIpc) is 3.06. The minimum absolute atomic E-state index is 0.0929. The van der Waals surface area contributed by atoms with Gasteiger partial charge in [-0.3, -0.25) is 0 Å². The highest BCUT2D eigenvalue weighted by atomic mass is 32.2. The summed E-state index contributed by atoms with van der Waals surface area (Å²) in [5.74, 6) is 0. The number of aliphatic hydroxyl groups excluding tert-OH is 1. The first-order valence-electron chi connectivity index (χ1n) is 12.9. The van der Waals surface area contributed by atoms with Crippen molar-refractivity contribution in [3.63, 3.8) is 0 Å². The van der Waals surface area contributed by atoms with Gasteiger partial charge in [-0.1, -0.05) is 48.5 Å². The van der Waals surface area contributed by atoms with Gasteiger partial charge < -0.3 is 10.0 Å². The van der Waals surface area contributed by atoms with Gasteiger partial charge in [0.2, 0.25) is 0 Å². The summed E-state index contributed by atoms with van der Waals surface area (Å²) in [4.78, 5) is 2.54. The zero-order valence-electron chi connectivity index (χ0n) is 21.2. The van der Waals surface area contributed by atoms with E-state index >= 15 is 0 Å². The summed E-state index contributed by atoms with van der Waals surface area (Å²) in [6, 6.07) is 21.3. The maximum absolute atomic E-state index is 13.9. The van der Waals surface area contributed by atoms with Crippen LogP contribution in [-0.4, -0.2) is 40.7 Å². The molecule has 1 fully saturated rings. The van der Waals surface area contributed by atoms with Crippen molar-refractivity contribution in [3.8, 4) is 0 Å². The van der Waals surface area contributed by atoms with Crippen LogP contribution in [0.5, 0.6) is 0 Å². The molecule has 0 radical (unpaired) electrons. The predicted molar refractivity (Wildman–Crippen MR) is 144 cm³/mol. The smallest absolute Gasteiger partial charge is 0.389 e. The Kier molecular flexibility index (Phi) is 7.53. The van der Waals surface area contributed by atoms with E-state index in [1.807, 2.05) is 24.3 Å². The number of aliphatic hydroxyl groups is 1. The molecule has 1 aliphatic heterocycles. The minimum atomic E-state index is -4.32. The van der Waals surface area contributed by atoms with Crippen LogP contribution in [0.15, 0.2) is 82.1 Å². The number of para-hydroxylation sites is 2. The fourth-order valence-corrected chi connectivity index (χ4v) is 7.32.